The fraction of sp³-hybridized carbons (Fsp3) is 0.579. The van der Waals surface area contributed by atoms with Crippen molar-refractivity contribution in [2.45, 2.75) is 38.1 Å². The van der Waals surface area contributed by atoms with Crippen LogP contribution in [0.2, 0.25) is 0 Å². The zero-order valence-corrected chi connectivity index (χ0v) is 15.5. The zero-order chi connectivity index (χ0) is 17.2. The molecule has 1 aromatic carbocycles. The van der Waals surface area contributed by atoms with Gasteiger partial charge in [0, 0.05) is 37.8 Å². The Labute approximate surface area is 155 Å². The van der Waals surface area contributed by atoms with E-state index in [0.717, 1.165) is 11.1 Å². The number of nitrogens with two attached hydrogens (primary N) is 1. The molecular weight excluding hydrogens is 340 g/mol. The predicted molar refractivity (Wildman–Crippen MR) is 99.0 cm³/mol. The van der Waals surface area contributed by atoms with Gasteiger partial charge in [-0.2, -0.15) is 0 Å². The van der Waals surface area contributed by atoms with E-state index in [1.165, 1.54) is 0 Å². The molecular formula is C19H27ClN2O3. The normalized spacial score (nSPS) is 20.6. The molecule has 0 unspecified atom stereocenters. The summed E-state index contributed by atoms with van der Waals surface area (Å²) in [5.41, 5.74) is 7.43. The Kier molecular flexibility index (Phi) is 6.60. The molecule has 0 aromatic heterocycles. The number of piperidine rings is 1. The highest BCUT2D eigenvalue weighted by Gasteiger charge is 2.40. The molecule has 2 saturated heterocycles. The van der Waals surface area contributed by atoms with E-state index in [2.05, 4.69) is 0 Å². The molecule has 0 spiro atoms. The van der Waals surface area contributed by atoms with Crippen molar-refractivity contribution in [3.8, 4) is 0 Å². The van der Waals surface area contributed by atoms with Crippen molar-refractivity contribution in [2.75, 3.05) is 26.3 Å². The topological polar surface area (TPSA) is 72.6 Å². The van der Waals surface area contributed by atoms with E-state index in [4.69, 9.17) is 10.5 Å². The number of nitrogens with zero attached hydrogens (tertiary/aromatic N) is 1. The van der Waals surface area contributed by atoms with Crippen LogP contribution in [-0.2, 0) is 9.53 Å². The summed E-state index contributed by atoms with van der Waals surface area (Å²) in [4.78, 5) is 27.2. The van der Waals surface area contributed by atoms with Crippen LogP contribution in [0.5, 0.6) is 0 Å². The lowest BCUT2D eigenvalue weighted by Gasteiger charge is -2.39. The summed E-state index contributed by atoms with van der Waals surface area (Å²) in [5, 5.41) is 0. The Morgan fingerprint density at radius 1 is 1.12 bits per heavy atom. The van der Waals surface area contributed by atoms with E-state index in [1.54, 1.807) is 0 Å². The number of carbonyl (C=O) groups is 2. The number of hydrogen-bond donors (Lipinski definition) is 1. The van der Waals surface area contributed by atoms with Crippen LogP contribution in [0.25, 0.3) is 0 Å². The minimum absolute atomic E-state index is 0. The Morgan fingerprint density at radius 3 is 2.24 bits per heavy atom. The maximum absolute atomic E-state index is 12.7. The van der Waals surface area contributed by atoms with Crippen molar-refractivity contribution < 1.29 is 14.3 Å². The molecule has 138 valence electrons. The van der Waals surface area contributed by atoms with E-state index in [0.29, 0.717) is 52.0 Å². The minimum Gasteiger partial charge on any atom is -0.381 e. The molecule has 0 radical (unpaired) electrons. The molecule has 2 aliphatic rings. The summed E-state index contributed by atoms with van der Waals surface area (Å²) in [7, 11) is 0. The molecule has 2 fully saturated rings. The standard InChI is InChI=1S/C19H26N2O3.ClH/c1-14-2-4-15(5-3-14)17(22)16-6-10-21(11-7-16)18(23)19(20)8-12-24-13-9-19;/h2-5,16H,6-13,20H2,1H3;1H. The van der Waals surface area contributed by atoms with Gasteiger partial charge in [0.1, 0.15) is 0 Å². The molecule has 2 aliphatic heterocycles. The van der Waals surface area contributed by atoms with Gasteiger partial charge >= 0.3 is 0 Å². The number of Topliss-reactive ketones (excluding diaryl/α,β-unsaturated/α-hetero) is 1. The van der Waals surface area contributed by atoms with Crippen LogP contribution in [0.4, 0.5) is 0 Å². The number of benzene rings is 1. The van der Waals surface area contributed by atoms with E-state index < -0.39 is 5.54 Å². The van der Waals surface area contributed by atoms with Crippen molar-refractivity contribution in [2.24, 2.45) is 11.7 Å². The smallest absolute Gasteiger partial charge is 0.242 e. The number of aryl methyl sites for hydroxylation is 1. The van der Waals surface area contributed by atoms with E-state index in [9.17, 15) is 9.59 Å². The van der Waals surface area contributed by atoms with Gasteiger partial charge in [-0.05, 0) is 32.6 Å². The van der Waals surface area contributed by atoms with Crippen molar-refractivity contribution in [3.63, 3.8) is 0 Å². The average molecular weight is 367 g/mol. The minimum atomic E-state index is -0.786. The highest BCUT2D eigenvalue weighted by Crippen LogP contribution is 2.26. The van der Waals surface area contributed by atoms with Gasteiger partial charge in [0.25, 0.3) is 0 Å². The number of amides is 1. The van der Waals surface area contributed by atoms with Gasteiger partial charge in [-0.25, -0.2) is 0 Å². The number of carbonyl (C=O) groups excluding carboxylic acids is 2. The third kappa shape index (κ3) is 4.40. The largest absolute Gasteiger partial charge is 0.381 e. The van der Waals surface area contributed by atoms with Gasteiger partial charge in [0.05, 0.1) is 5.54 Å². The molecule has 1 aromatic rings. The van der Waals surface area contributed by atoms with Gasteiger partial charge in [0.15, 0.2) is 5.78 Å². The predicted octanol–water partition coefficient (Wildman–Crippen LogP) is 2.35. The van der Waals surface area contributed by atoms with Crippen LogP contribution < -0.4 is 5.73 Å². The Hall–Kier alpha value is -1.43. The van der Waals surface area contributed by atoms with Crippen molar-refractivity contribution in [1.82, 2.24) is 4.90 Å². The number of rotatable bonds is 3. The number of ketones is 1. The van der Waals surface area contributed by atoms with Crippen LogP contribution in [0.3, 0.4) is 0 Å². The fourth-order valence-corrected chi connectivity index (χ4v) is 3.56. The number of likely N-dealkylation sites (tertiary alicyclic amines) is 1. The van der Waals surface area contributed by atoms with Crippen molar-refractivity contribution in [3.05, 3.63) is 35.4 Å². The first-order valence-corrected chi connectivity index (χ1v) is 8.76. The number of hydrogen-bond acceptors (Lipinski definition) is 4. The SMILES string of the molecule is Cc1ccc(C(=O)C2CCN(C(=O)C3(N)CCOCC3)CC2)cc1.Cl. The summed E-state index contributed by atoms with van der Waals surface area (Å²) in [5.74, 6) is 0.211. The van der Waals surface area contributed by atoms with Crippen LogP contribution in [-0.4, -0.2) is 48.4 Å². The summed E-state index contributed by atoms with van der Waals surface area (Å²) < 4.78 is 5.31. The van der Waals surface area contributed by atoms with E-state index in [1.807, 2.05) is 36.1 Å². The summed E-state index contributed by atoms with van der Waals surface area (Å²) in [6.45, 7) is 4.33. The van der Waals surface area contributed by atoms with Gasteiger partial charge in [-0.15, -0.1) is 12.4 Å². The molecule has 6 heteroatoms. The molecule has 5 nitrogen and oxygen atoms in total. The Bertz CT molecular complexity index is 604. The molecule has 2 heterocycles. The third-order valence-corrected chi connectivity index (χ3v) is 5.30. The van der Waals surface area contributed by atoms with Gasteiger partial charge in [-0.1, -0.05) is 29.8 Å². The molecule has 0 saturated carbocycles. The molecule has 0 atom stereocenters. The summed E-state index contributed by atoms with van der Waals surface area (Å²) in [6, 6.07) is 7.72. The number of ether oxygens (including phenoxy) is 1. The maximum atomic E-state index is 12.7. The van der Waals surface area contributed by atoms with Gasteiger partial charge < -0.3 is 15.4 Å². The van der Waals surface area contributed by atoms with Crippen molar-refractivity contribution >= 4 is 24.1 Å². The number of halogens is 1. The summed E-state index contributed by atoms with van der Waals surface area (Å²) >= 11 is 0. The van der Waals surface area contributed by atoms with Gasteiger partial charge in [0.2, 0.25) is 5.91 Å². The van der Waals surface area contributed by atoms with Crippen LogP contribution in [0.15, 0.2) is 24.3 Å². The highest BCUT2D eigenvalue weighted by atomic mass is 35.5. The second-order valence-electron chi connectivity index (χ2n) is 7.07. The average Bonchev–Trinajstić information content (AvgIpc) is 2.62. The summed E-state index contributed by atoms with van der Waals surface area (Å²) in [6.07, 6.45) is 2.58. The maximum Gasteiger partial charge on any atom is 0.242 e. The first kappa shape index (κ1) is 19.9. The zero-order valence-electron chi connectivity index (χ0n) is 14.7. The lowest BCUT2D eigenvalue weighted by molar-refractivity contribution is -0.141. The van der Waals surface area contributed by atoms with Gasteiger partial charge in [-0.3, -0.25) is 9.59 Å². The lowest BCUT2D eigenvalue weighted by atomic mass is 9.85. The van der Waals surface area contributed by atoms with E-state index in [-0.39, 0.29) is 30.0 Å². The molecule has 25 heavy (non-hydrogen) atoms. The fourth-order valence-electron chi connectivity index (χ4n) is 3.56. The quantitative estimate of drug-likeness (QED) is 0.833. The molecule has 0 aliphatic carbocycles. The highest BCUT2D eigenvalue weighted by molar-refractivity contribution is 5.98. The monoisotopic (exact) mass is 366 g/mol. The van der Waals surface area contributed by atoms with Crippen LogP contribution in [0, 0.1) is 12.8 Å². The second-order valence-corrected chi connectivity index (χ2v) is 7.07. The second kappa shape index (κ2) is 8.30. The third-order valence-electron chi connectivity index (χ3n) is 5.30. The first-order chi connectivity index (χ1) is 11.5. The van der Waals surface area contributed by atoms with Crippen LogP contribution in [0.1, 0.15) is 41.6 Å². The molecule has 0 bridgehead atoms. The lowest BCUT2D eigenvalue weighted by Crippen LogP contribution is -2.59. The Balaban J connectivity index is 0.00000225. The first-order valence-electron chi connectivity index (χ1n) is 8.76. The van der Waals surface area contributed by atoms with Crippen molar-refractivity contribution in [1.29, 1.82) is 0 Å². The molecule has 2 N–H and O–H groups in total. The van der Waals surface area contributed by atoms with E-state index >= 15 is 0 Å². The molecule has 1 amide bonds. The van der Waals surface area contributed by atoms with Crippen LogP contribution >= 0.6 is 12.4 Å². The Morgan fingerprint density at radius 2 is 1.68 bits per heavy atom. The molecule has 3 rings (SSSR count).